The van der Waals surface area contributed by atoms with Crippen molar-refractivity contribution < 1.29 is 18.3 Å². The second-order valence-electron chi connectivity index (χ2n) is 5.93. The van der Waals surface area contributed by atoms with E-state index in [4.69, 9.17) is 11.6 Å². The minimum absolute atomic E-state index is 0.0741. The molecule has 0 aliphatic carbocycles. The van der Waals surface area contributed by atoms with Crippen LogP contribution >= 0.6 is 11.6 Å². The van der Waals surface area contributed by atoms with Crippen LogP contribution in [0.1, 0.15) is 15.9 Å². The Morgan fingerprint density at radius 2 is 1.69 bits per heavy atom. The van der Waals surface area contributed by atoms with E-state index in [-0.39, 0.29) is 10.6 Å². The summed E-state index contributed by atoms with van der Waals surface area (Å²) in [5.41, 5.74) is 3.59. The van der Waals surface area contributed by atoms with Gasteiger partial charge in [0.1, 0.15) is 5.75 Å². The number of halogens is 1. The molecule has 29 heavy (non-hydrogen) atoms. The van der Waals surface area contributed by atoms with Crippen molar-refractivity contribution in [2.24, 2.45) is 5.10 Å². The molecule has 3 aromatic rings. The van der Waals surface area contributed by atoms with Gasteiger partial charge in [0.05, 0.1) is 11.1 Å². The second-order valence-corrected chi connectivity index (χ2v) is 8.05. The summed E-state index contributed by atoms with van der Waals surface area (Å²) >= 11 is 5.77. The van der Waals surface area contributed by atoms with Gasteiger partial charge in [-0.15, -0.1) is 0 Å². The van der Waals surface area contributed by atoms with Gasteiger partial charge < -0.3 is 5.11 Å². The molecule has 0 saturated carbocycles. The number of carbonyl (C=O) groups is 1. The molecule has 0 radical (unpaired) electrons. The van der Waals surface area contributed by atoms with Gasteiger partial charge in [-0.25, -0.2) is 13.8 Å². The summed E-state index contributed by atoms with van der Waals surface area (Å²) in [4.78, 5) is 12.2. The summed E-state index contributed by atoms with van der Waals surface area (Å²) in [6.45, 7) is 0. The Labute approximate surface area is 172 Å². The Morgan fingerprint density at radius 1 is 1.00 bits per heavy atom. The van der Waals surface area contributed by atoms with Gasteiger partial charge in [-0.05, 0) is 66.2 Å². The summed E-state index contributed by atoms with van der Waals surface area (Å²) < 4.78 is 27.2. The highest BCUT2D eigenvalue weighted by molar-refractivity contribution is 7.92. The normalized spacial score (nSPS) is 11.3. The first-order valence-electron chi connectivity index (χ1n) is 8.34. The molecule has 0 fully saturated rings. The van der Waals surface area contributed by atoms with Gasteiger partial charge in [0.2, 0.25) is 0 Å². The van der Waals surface area contributed by atoms with Crippen molar-refractivity contribution in [1.82, 2.24) is 5.43 Å². The molecule has 7 nitrogen and oxygen atoms in total. The minimum atomic E-state index is -3.76. The van der Waals surface area contributed by atoms with Crippen molar-refractivity contribution >= 4 is 39.4 Å². The molecule has 0 aliphatic heterocycles. The fourth-order valence-corrected chi connectivity index (χ4v) is 3.54. The molecule has 0 unspecified atom stereocenters. The summed E-state index contributed by atoms with van der Waals surface area (Å²) in [6.07, 6.45) is 1.40. The Bertz CT molecular complexity index is 1150. The molecular formula is C20H16ClN3O4S. The number of sulfonamides is 1. The zero-order valence-electron chi connectivity index (χ0n) is 14.9. The number of nitrogens with zero attached hydrogens (tertiary/aromatic N) is 1. The number of aromatic hydroxyl groups is 1. The highest BCUT2D eigenvalue weighted by Gasteiger charge is 2.14. The maximum Gasteiger partial charge on any atom is 0.271 e. The lowest BCUT2D eigenvalue weighted by molar-refractivity contribution is 0.0955. The monoisotopic (exact) mass is 429 g/mol. The molecule has 0 aliphatic rings. The smallest absolute Gasteiger partial charge is 0.271 e. The first-order chi connectivity index (χ1) is 13.8. The van der Waals surface area contributed by atoms with E-state index in [0.29, 0.717) is 21.8 Å². The van der Waals surface area contributed by atoms with Crippen LogP contribution in [0, 0.1) is 0 Å². The number of hydrogen-bond donors (Lipinski definition) is 3. The van der Waals surface area contributed by atoms with E-state index in [9.17, 15) is 18.3 Å². The number of hydrogen-bond acceptors (Lipinski definition) is 5. The molecule has 0 heterocycles. The van der Waals surface area contributed by atoms with Gasteiger partial charge in [-0.3, -0.25) is 9.52 Å². The number of phenolic OH excluding ortho intramolecular Hbond substituents is 1. The van der Waals surface area contributed by atoms with E-state index < -0.39 is 15.9 Å². The fraction of sp³-hybridized carbons (Fsp3) is 0. The zero-order chi connectivity index (χ0) is 20.9. The Hall–Kier alpha value is -3.36. The van der Waals surface area contributed by atoms with Crippen molar-refractivity contribution in [2.75, 3.05) is 4.72 Å². The maximum absolute atomic E-state index is 12.4. The number of nitrogens with one attached hydrogen (secondary N) is 2. The molecule has 0 atom stereocenters. The number of benzene rings is 3. The number of anilines is 1. The number of phenols is 1. The van der Waals surface area contributed by atoms with Crippen LogP contribution in [0.3, 0.4) is 0 Å². The van der Waals surface area contributed by atoms with Crippen LogP contribution in [0.4, 0.5) is 5.69 Å². The van der Waals surface area contributed by atoms with Gasteiger partial charge in [-0.1, -0.05) is 23.7 Å². The quantitative estimate of drug-likeness (QED) is 0.411. The largest absolute Gasteiger partial charge is 0.508 e. The molecule has 0 spiro atoms. The fourth-order valence-electron chi connectivity index (χ4n) is 2.35. The molecule has 0 aromatic heterocycles. The third kappa shape index (κ3) is 5.56. The Morgan fingerprint density at radius 3 is 2.34 bits per heavy atom. The number of hydrazone groups is 1. The minimum Gasteiger partial charge on any atom is -0.508 e. The molecule has 3 aromatic carbocycles. The van der Waals surface area contributed by atoms with E-state index in [1.165, 1.54) is 66.9 Å². The summed E-state index contributed by atoms with van der Waals surface area (Å²) in [6, 6.07) is 18.1. The van der Waals surface area contributed by atoms with Gasteiger partial charge >= 0.3 is 0 Å². The lowest BCUT2D eigenvalue weighted by Gasteiger charge is -2.08. The average molecular weight is 430 g/mol. The second kappa shape index (κ2) is 8.76. The molecule has 0 saturated heterocycles. The first-order valence-corrected chi connectivity index (χ1v) is 10.2. The van der Waals surface area contributed by atoms with E-state index >= 15 is 0 Å². The van der Waals surface area contributed by atoms with Gasteiger partial charge in [0.15, 0.2) is 0 Å². The maximum atomic E-state index is 12.4. The van der Waals surface area contributed by atoms with Crippen molar-refractivity contribution in [3.05, 3.63) is 88.9 Å². The number of rotatable bonds is 6. The summed E-state index contributed by atoms with van der Waals surface area (Å²) in [5, 5.41) is 13.7. The van der Waals surface area contributed by atoms with Crippen molar-refractivity contribution in [1.29, 1.82) is 0 Å². The Balaban J connectivity index is 1.63. The number of carbonyl (C=O) groups excluding carboxylic acids is 1. The third-order valence-corrected chi connectivity index (χ3v) is 5.42. The van der Waals surface area contributed by atoms with Crippen LogP contribution < -0.4 is 10.1 Å². The zero-order valence-corrected chi connectivity index (χ0v) is 16.5. The van der Waals surface area contributed by atoms with E-state index in [1.54, 1.807) is 12.1 Å². The number of amides is 1. The first kappa shape index (κ1) is 20.4. The predicted molar refractivity (Wildman–Crippen MR) is 112 cm³/mol. The standard InChI is InChI=1S/C20H16ClN3O4S/c21-16-6-10-19(11-7-16)29(27,28)24-17-8-4-15(5-9-17)20(26)23-22-13-14-2-1-3-18(25)12-14/h1-13,24-25H,(H,23,26). The molecule has 0 bridgehead atoms. The lowest BCUT2D eigenvalue weighted by atomic mass is 10.2. The predicted octanol–water partition coefficient (Wildman–Crippen LogP) is 3.61. The summed E-state index contributed by atoms with van der Waals surface area (Å²) in [7, 11) is -3.76. The van der Waals surface area contributed by atoms with Crippen molar-refractivity contribution in [3.63, 3.8) is 0 Å². The van der Waals surface area contributed by atoms with Crippen LogP contribution in [-0.4, -0.2) is 25.6 Å². The van der Waals surface area contributed by atoms with E-state index in [0.717, 1.165) is 0 Å². The molecule has 3 N–H and O–H groups in total. The topological polar surface area (TPSA) is 108 Å². The Kier molecular flexibility index (Phi) is 6.16. The third-order valence-electron chi connectivity index (χ3n) is 3.77. The molecular weight excluding hydrogens is 414 g/mol. The van der Waals surface area contributed by atoms with Crippen LogP contribution in [0.15, 0.2) is 82.8 Å². The van der Waals surface area contributed by atoms with Crippen LogP contribution in [0.25, 0.3) is 0 Å². The molecule has 9 heteroatoms. The summed E-state index contributed by atoms with van der Waals surface area (Å²) in [5.74, 6) is -0.370. The van der Waals surface area contributed by atoms with Crippen molar-refractivity contribution in [3.8, 4) is 5.75 Å². The SMILES string of the molecule is O=C(NN=Cc1cccc(O)c1)c1ccc(NS(=O)(=O)c2ccc(Cl)cc2)cc1. The van der Waals surface area contributed by atoms with Crippen LogP contribution in [-0.2, 0) is 10.0 Å². The molecule has 1 amide bonds. The van der Waals surface area contributed by atoms with Gasteiger partial charge in [-0.2, -0.15) is 5.10 Å². The highest BCUT2D eigenvalue weighted by Crippen LogP contribution is 2.18. The van der Waals surface area contributed by atoms with Crippen LogP contribution in [0.5, 0.6) is 5.75 Å². The molecule has 3 rings (SSSR count). The van der Waals surface area contributed by atoms with E-state index in [1.807, 2.05) is 0 Å². The van der Waals surface area contributed by atoms with Gasteiger partial charge in [0.25, 0.3) is 15.9 Å². The molecule has 148 valence electrons. The van der Waals surface area contributed by atoms with Crippen molar-refractivity contribution in [2.45, 2.75) is 4.90 Å². The van der Waals surface area contributed by atoms with E-state index in [2.05, 4.69) is 15.2 Å². The highest BCUT2D eigenvalue weighted by atomic mass is 35.5. The lowest BCUT2D eigenvalue weighted by Crippen LogP contribution is -2.18. The van der Waals surface area contributed by atoms with Gasteiger partial charge in [0, 0.05) is 16.3 Å². The van der Waals surface area contributed by atoms with Crippen LogP contribution in [0.2, 0.25) is 5.02 Å². The average Bonchev–Trinajstić information content (AvgIpc) is 2.68.